The molecule has 0 spiro atoms. The molecule has 0 atom stereocenters. The molecule has 1 rings (SSSR count). The van der Waals surface area contributed by atoms with Gasteiger partial charge in [-0.2, -0.15) is 4.98 Å². The van der Waals surface area contributed by atoms with Crippen LogP contribution in [0.5, 0.6) is 0 Å². The van der Waals surface area contributed by atoms with Crippen molar-refractivity contribution in [2.45, 2.75) is 52.6 Å². The van der Waals surface area contributed by atoms with Crippen LogP contribution in [0.4, 0.5) is 6.01 Å². The van der Waals surface area contributed by atoms with Crippen LogP contribution in [0.15, 0.2) is 10.7 Å². The Kier molecular flexibility index (Phi) is 5.00. The first-order valence-electron chi connectivity index (χ1n) is 6.40. The minimum absolute atomic E-state index is 0.0684. The van der Waals surface area contributed by atoms with Crippen molar-refractivity contribution < 1.29 is 4.42 Å². The van der Waals surface area contributed by atoms with Crippen molar-refractivity contribution in [3.8, 4) is 0 Å². The molecule has 98 valence electrons. The lowest BCUT2D eigenvalue weighted by atomic mass is 10.0. The molecule has 0 aliphatic rings. The van der Waals surface area contributed by atoms with Crippen molar-refractivity contribution in [3.05, 3.63) is 12.0 Å². The van der Waals surface area contributed by atoms with Gasteiger partial charge in [-0.1, -0.05) is 13.8 Å². The first-order valence-corrected chi connectivity index (χ1v) is 6.40. The fourth-order valence-corrected chi connectivity index (χ4v) is 1.42. The zero-order chi connectivity index (χ0) is 12.9. The summed E-state index contributed by atoms with van der Waals surface area (Å²) in [6.45, 7) is 10.5. The van der Waals surface area contributed by atoms with E-state index in [0.29, 0.717) is 6.01 Å². The molecular formula is C13H25N3O. The zero-order valence-corrected chi connectivity index (χ0v) is 11.7. The Hall–Kier alpha value is -1.03. The fourth-order valence-electron chi connectivity index (χ4n) is 1.42. The van der Waals surface area contributed by atoms with Gasteiger partial charge in [0.25, 0.3) is 6.01 Å². The number of hydrogen-bond donors (Lipinski definition) is 1. The summed E-state index contributed by atoms with van der Waals surface area (Å²) in [6, 6.07) is 0.699. The van der Waals surface area contributed by atoms with Crippen LogP contribution in [-0.4, -0.2) is 24.1 Å². The van der Waals surface area contributed by atoms with Gasteiger partial charge >= 0.3 is 0 Å². The van der Waals surface area contributed by atoms with E-state index in [2.05, 4.69) is 42.9 Å². The second-order valence-electron chi connectivity index (χ2n) is 5.02. The predicted molar refractivity (Wildman–Crippen MR) is 71.3 cm³/mol. The molecule has 0 amide bonds. The second kappa shape index (κ2) is 6.05. The normalized spacial score (nSPS) is 11.8. The molecule has 0 aromatic carbocycles. The van der Waals surface area contributed by atoms with Crippen LogP contribution in [0.3, 0.4) is 0 Å². The highest BCUT2D eigenvalue weighted by atomic mass is 16.4. The number of hydrogen-bond acceptors (Lipinski definition) is 4. The molecule has 1 N–H and O–H groups in total. The van der Waals surface area contributed by atoms with Gasteiger partial charge in [0.15, 0.2) is 0 Å². The summed E-state index contributed by atoms with van der Waals surface area (Å²) < 4.78 is 5.52. The van der Waals surface area contributed by atoms with Gasteiger partial charge in [-0.3, -0.25) is 0 Å². The maximum absolute atomic E-state index is 5.52. The molecule has 4 heteroatoms. The Bertz CT molecular complexity index is 333. The molecule has 0 bridgehead atoms. The second-order valence-corrected chi connectivity index (χ2v) is 5.02. The molecule has 0 radical (unpaired) electrons. The summed E-state index contributed by atoms with van der Waals surface area (Å²) in [4.78, 5) is 6.59. The van der Waals surface area contributed by atoms with Gasteiger partial charge in [0, 0.05) is 19.1 Å². The largest absolute Gasteiger partial charge is 0.432 e. The SMILES string of the molecule is CCCNCc1coc(N(C)C(C)(C)CC)n1. The van der Waals surface area contributed by atoms with Crippen LogP contribution in [0.2, 0.25) is 0 Å². The van der Waals surface area contributed by atoms with Crippen LogP contribution in [0.1, 0.15) is 46.2 Å². The topological polar surface area (TPSA) is 41.3 Å². The molecule has 17 heavy (non-hydrogen) atoms. The molecule has 0 saturated heterocycles. The lowest BCUT2D eigenvalue weighted by Crippen LogP contribution is -2.40. The highest BCUT2D eigenvalue weighted by molar-refractivity contribution is 5.30. The maximum Gasteiger partial charge on any atom is 0.297 e. The summed E-state index contributed by atoms with van der Waals surface area (Å²) in [7, 11) is 2.03. The summed E-state index contributed by atoms with van der Waals surface area (Å²) in [6.07, 6.45) is 3.92. The number of rotatable bonds is 7. The Morgan fingerprint density at radius 1 is 1.41 bits per heavy atom. The predicted octanol–water partition coefficient (Wildman–Crippen LogP) is 2.80. The average Bonchev–Trinajstić information content (AvgIpc) is 2.77. The molecule has 0 unspecified atom stereocenters. The van der Waals surface area contributed by atoms with Gasteiger partial charge in [-0.05, 0) is 33.2 Å². The summed E-state index contributed by atoms with van der Waals surface area (Å²) in [5, 5.41) is 3.32. The van der Waals surface area contributed by atoms with E-state index in [-0.39, 0.29) is 5.54 Å². The molecule has 0 fully saturated rings. The number of nitrogens with zero attached hydrogens (tertiary/aromatic N) is 2. The monoisotopic (exact) mass is 239 g/mol. The Morgan fingerprint density at radius 3 is 2.71 bits per heavy atom. The third kappa shape index (κ3) is 3.73. The van der Waals surface area contributed by atoms with Gasteiger partial charge < -0.3 is 14.6 Å². The van der Waals surface area contributed by atoms with Gasteiger partial charge in [0.2, 0.25) is 0 Å². The van der Waals surface area contributed by atoms with Crippen molar-refractivity contribution in [2.24, 2.45) is 0 Å². The van der Waals surface area contributed by atoms with Crippen molar-refractivity contribution in [1.82, 2.24) is 10.3 Å². The summed E-state index contributed by atoms with van der Waals surface area (Å²) >= 11 is 0. The van der Waals surface area contributed by atoms with Crippen molar-refractivity contribution in [1.29, 1.82) is 0 Å². The lowest BCUT2D eigenvalue weighted by molar-refractivity contribution is 0.424. The zero-order valence-electron chi connectivity index (χ0n) is 11.7. The molecule has 1 aromatic rings. The standard InChI is InChI=1S/C13H25N3O/c1-6-8-14-9-11-10-17-12(15-11)16(5)13(3,4)7-2/h10,14H,6-9H2,1-5H3. The van der Waals surface area contributed by atoms with Gasteiger partial charge in [-0.15, -0.1) is 0 Å². The molecule has 0 aliphatic carbocycles. The van der Waals surface area contributed by atoms with Crippen molar-refractivity contribution in [2.75, 3.05) is 18.5 Å². The average molecular weight is 239 g/mol. The van der Waals surface area contributed by atoms with Crippen molar-refractivity contribution in [3.63, 3.8) is 0 Å². The fraction of sp³-hybridized carbons (Fsp3) is 0.769. The molecule has 0 saturated carbocycles. The van der Waals surface area contributed by atoms with Crippen LogP contribution in [-0.2, 0) is 6.54 Å². The van der Waals surface area contributed by atoms with Gasteiger partial charge in [0.1, 0.15) is 6.26 Å². The van der Waals surface area contributed by atoms with E-state index in [4.69, 9.17) is 4.42 Å². The van der Waals surface area contributed by atoms with E-state index in [1.165, 1.54) is 0 Å². The minimum Gasteiger partial charge on any atom is -0.432 e. The first kappa shape index (κ1) is 14.0. The number of anilines is 1. The van der Waals surface area contributed by atoms with Crippen LogP contribution >= 0.6 is 0 Å². The third-order valence-electron chi connectivity index (χ3n) is 3.33. The van der Waals surface area contributed by atoms with Crippen LogP contribution in [0, 0.1) is 0 Å². The van der Waals surface area contributed by atoms with E-state index in [9.17, 15) is 0 Å². The minimum atomic E-state index is 0.0684. The first-order chi connectivity index (χ1) is 8.01. The Balaban J connectivity index is 2.61. The Labute approximate surface area is 104 Å². The highest BCUT2D eigenvalue weighted by Gasteiger charge is 2.24. The third-order valence-corrected chi connectivity index (χ3v) is 3.33. The summed E-state index contributed by atoms with van der Waals surface area (Å²) in [5.74, 6) is 0. The van der Waals surface area contributed by atoms with E-state index in [1.54, 1.807) is 6.26 Å². The van der Waals surface area contributed by atoms with E-state index >= 15 is 0 Å². The molecule has 4 nitrogen and oxygen atoms in total. The van der Waals surface area contributed by atoms with Crippen LogP contribution in [0.25, 0.3) is 0 Å². The van der Waals surface area contributed by atoms with E-state index in [0.717, 1.165) is 31.6 Å². The lowest BCUT2D eigenvalue weighted by Gasteiger charge is -2.33. The van der Waals surface area contributed by atoms with Crippen molar-refractivity contribution >= 4 is 6.01 Å². The number of nitrogens with one attached hydrogen (secondary N) is 1. The number of aromatic nitrogens is 1. The molecular weight excluding hydrogens is 214 g/mol. The maximum atomic E-state index is 5.52. The molecule has 1 heterocycles. The highest BCUT2D eigenvalue weighted by Crippen LogP contribution is 2.23. The van der Waals surface area contributed by atoms with Crippen LogP contribution < -0.4 is 10.2 Å². The van der Waals surface area contributed by atoms with E-state index < -0.39 is 0 Å². The molecule has 0 aliphatic heterocycles. The quantitative estimate of drug-likeness (QED) is 0.743. The van der Waals surface area contributed by atoms with Gasteiger partial charge in [0.05, 0.1) is 5.69 Å². The number of oxazole rings is 1. The van der Waals surface area contributed by atoms with Gasteiger partial charge in [-0.25, -0.2) is 0 Å². The Morgan fingerprint density at radius 2 is 2.12 bits per heavy atom. The summed E-state index contributed by atoms with van der Waals surface area (Å²) in [5.41, 5.74) is 1.03. The van der Waals surface area contributed by atoms with E-state index in [1.807, 2.05) is 7.05 Å². The smallest absolute Gasteiger partial charge is 0.297 e. The molecule has 1 aromatic heterocycles.